The molecule has 0 aliphatic carbocycles. The standard InChI is InChI=1S/C18H22N6O/c1-18(2,3)24-13-15(12-21-24)17(25)23-8-6-22(7-9-23)16-5-4-14(10-19)11-20-16/h4-5,11-13H,6-9H2,1-3H3. The highest BCUT2D eigenvalue weighted by molar-refractivity contribution is 5.93. The summed E-state index contributed by atoms with van der Waals surface area (Å²) in [6, 6.07) is 5.68. The molecule has 2 aromatic heterocycles. The third kappa shape index (κ3) is 3.63. The number of anilines is 1. The zero-order valence-electron chi connectivity index (χ0n) is 14.8. The minimum Gasteiger partial charge on any atom is -0.353 e. The van der Waals surface area contributed by atoms with Crippen molar-refractivity contribution in [3.05, 3.63) is 41.9 Å². The quantitative estimate of drug-likeness (QED) is 0.835. The molecule has 0 bridgehead atoms. The topological polar surface area (TPSA) is 78.0 Å². The molecule has 0 saturated carbocycles. The molecule has 1 aliphatic heterocycles. The Morgan fingerprint density at radius 3 is 2.40 bits per heavy atom. The van der Waals surface area contributed by atoms with Crippen LogP contribution in [0.15, 0.2) is 30.7 Å². The zero-order chi connectivity index (χ0) is 18.0. The van der Waals surface area contributed by atoms with Gasteiger partial charge in [-0.15, -0.1) is 0 Å². The molecule has 0 atom stereocenters. The predicted octanol–water partition coefficient (Wildman–Crippen LogP) is 1.87. The Bertz CT molecular complexity index is 788. The maximum atomic E-state index is 12.7. The van der Waals surface area contributed by atoms with Gasteiger partial charge < -0.3 is 9.80 Å². The zero-order valence-corrected chi connectivity index (χ0v) is 14.8. The van der Waals surface area contributed by atoms with E-state index in [0.717, 1.165) is 18.9 Å². The summed E-state index contributed by atoms with van der Waals surface area (Å²) >= 11 is 0. The molecular weight excluding hydrogens is 316 g/mol. The smallest absolute Gasteiger partial charge is 0.257 e. The van der Waals surface area contributed by atoms with E-state index in [1.165, 1.54) is 0 Å². The van der Waals surface area contributed by atoms with Crippen molar-refractivity contribution in [3.63, 3.8) is 0 Å². The molecule has 0 N–H and O–H groups in total. The number of amides is 1. The molecule has 0 unspecified atom stereocenters. The van der Waals surface area contributed by atoms with E-state index in [1.54, 1.807) is 18.5 Å². The molecule has 7 nitrogen and oxygen atoms in total. The minimum absolute atomic E-state index is 0.0166. The van der Waals surface area contributed by atoms with Crippen LogP contribution in [0.25, 0.3) is 0 Å². The lowest BCUT2D eigenvalue weighted by Crippen LogP contribution is -2.49. The average Bonchev–Trinajstić information content (AvgIpc) is 3.12. The van der Waals surface area contributed by atoms with Gasteiger partial charge in [-0.3, -0.25) is 9.48 Å². The van der Waals surface area contributed by atoms with Crippen LogP contribution in [0.5, 0.6) is 0 Å². The van der Waals surface area contributed by atoms with Gasteiger partial charge in [-0.05, 0) is 32.9 Å². The molecule has 0 spiro atoms. The summed E-state index contributed by atoms with van der Waals surface area (Å²) < 4.78 is 1.82. The number of piperazine rings is 1. The average molecular weight is 338 g/mol. The van der Waals surface area contributed by atoms with Crippen molar-refractivity contribution in [1.29, 1.82) is 5.26 Å². The van der Waals surface area contributed by atoms with Gasteiger partial charge >= 0.3 is 0 Å². The molecular formula is C18H22N6O. The number of carbonyl (C=O) groups is 1. The van der Waals surface area contributed by atoms with E-state index in [9.17, 15) is 4.79 Å². The summed E-state index contributed by atoms with van der Waals surface area (Å²) in [6.45, 7) is 8.88. The van der Waals surface area contributed by atoms with Crippen LogP contribution in [0.1, 0.15) is 36.7 Å². The molecule has 25 heavy (non-hydrogen) atoms. The van der Waals surface area contributed by atoms with Gasteiger partial charge in [0.25, 0.3) is 5.91 Å². The van der Waals surface area contributed by atoms with Gasteiger partial charge in [0.1, 0.15) is 11.9 Å². The Kier molecular flexibility index (Phi) is 4.45. The van der Waals surface area contributed by atoms with Crippen molar-refractivity contribution in [1.82, 2.24) is 19.7 Å². The number of hydrogen-bond acceptors (Lipinski definition) is 5. The van der Waals surface area contributed by atoms with E-state index in [1.807, 2.05) is 21.8 Å². The summed E-state index contributed by atoms with van der Waals surface area (Å²) in [5.74, 6) is 0.856. The van der Waals surface area contributed by atoms with Crippen molar-refractivity contribution < 1.29 is 4.79 Å². The Morgan fingerprint density at radius 1 is 1.16 bits per heavy atom. The molecule has 7 heteroatoms. The maximum absolute atomic E-state index is 12.7. The van der Waals surface area contributed by atoms with Gasteiger partial charge in [0.15, 0.2) is 0 Å². The third-order valence-corrected chi connectivity index (χ3v) is 4.28. The molecule has 130 valence electrons. The molecule has 1 aliphatic rings. The summed E-state index contributed by atoms with van der Waals surface area (Å²) in [7, 11) is 0. The third-order valence-electron chi connectivity index (χ3n) is 4.28. The first-order valence-corrected chi connectivity index (χ1v) is 8.34. The van der Waals surface area contributed by atoms with Gasteiger partial charge in [-0.2, -0.15) is 10.4 Å². The van der Waals surface area contributed by atoms with E-state index < -0.39 is 0 Å². The molecule has 1 fully saturated rings. The van der Waals surface area contributed by atoms with Crippen molar-refractivity contribution in [2.75, 3.05) is 31.1 Å². The van der Waals surface area contributed by atoms with Gasteiger partial charge in [0.2, 0.25) is 0 Å². The van der Waals surface area contributed by atoms with Crippen molar-refractivity contribution in [2.45, 2.75) is 26.3 Å². The molecule has 1 saturated heterocycles. The lowest BCUT2D eigenvalue weighted by molar-refractivity contribution is 0.0746. The predicted molar refractivity (Wildman–Crippen MR) is 94.3 cm³/mol. The van der Waals surface area contributed by atoms with E-state index in [4.69, 9.17) is 5.26 Å². The molecule has 0 radical (unpaired) electrons. The van der Waals surface area contributed by atoms with Gasteiger partial charge in [-0.25, -0.2) is 4.98 Å². The highest BCUT2D eigenvalue weighted by Gasteiger charge is 2.25. The lowest BCUT2D eigenvalue weighted by Gasteiger charge is -2.35. The van der Waals surface area contributed by atoms with Crippen LogP contribution < -0.4 is 4.90 Å². The normalized spacial score (nSPS) is 15.1. The summed E-state index contributed by atoms with van der Waals surface area (Å²) in [4.78, 5) is 21.0. The first-order valence-electron chi connectivity index (χ1n) is 8.34. The van der Waals surface area contributed by atoms with Crippen LogP contribution in [0.4, 0.5) is 5.82 Å². The van der Waals surface area contributed by atoms with E-state index in [-0.39, 0.29) is 11.4 Å². The number of aromatic nitrogens is 3. The second-order valence-electron chi connectivity index (χ2n) is 7.14. The number of pyridine rings is 1. The Morgan fingerprint density at radius 2 is 1.88 bits per heavy atom. The lowest BCUT2D eigenvalue weighted by atomic mass is 10.1. The van der Waals surface area contributed by atoms with Crippen LogP contribution in [-0.4, -0.2) is 51.8 Å². The number of nitriles is 1. The van der Waals surface area contributed by atoms with Gasteiger partial charge in [0.05, 0.1) is 22.9 Å². The number of carbonyl (C=O) groups excluding carboxylic acids is 1. The first-order chi connectivity index (χ1) is 11.9. The first kappa shape index (κ1) is 17.0. The Labute approximate surface area is 147 Å². The summed E-state index contributed by atoms with van der Waals surface area (Å²) in [6.07, 6.45) is 5.03. The van der Waals surface area contributed by atoms with Crippen LogP contribution in [-0.2, 0) is 5.54 Å². The van der Waals surface area contributed by atoms with Crippen molar-refractivity contribution in [3.8, 4) is 6.07 Å². The fourth-order valence-electron chi connectivity index (χ4n) is 2.76. The highest BCUT2D eigenvalue weighted by atomic mass is 16.2. The molecule has 0 aromatic carbocycles. The highest BCUT2D eigenvalue weighted by Crippen LogP contribution is 2.17. The number of hydrogen-bond donors (Lipinski definition) is 0. The van der Waals surface area contributed by atoms with Gasteiger partial charge in [0, 0.05) is 38.6 Å². The van der Waals surface area contributed by atoms with E-state index in [2.05, 4.69) is 41.8 Å². The summed E-state index contributed by atoms with van der Waals surface area (Å²) in [5, 5.41) is 13.1. The van der Waals surface area contributed by atoms with Crippen LogP contribution in [0, 0.1) is 11.3 Å². The largest absolute Gasteiger partial charge is 0.353 e. The van der Waals surface area contributed by atoms with Crippen molar-refractivity contribution >= 4 is 11.7 Å². The SMILES string of the molecule is CC(C)(C)n1cc(C(=O)N2CCN(c3ccc(C#N)cn3)CC2)cn1. The molecule has 3 rings (SSSR count). The number of nitrogens with zero attached hydrogens (tertiary/aromatic N) is 6. The van der Waals surface area contributed by atoms with Crippen LogP contribution >= 0.6 is 0 Å². The fourth-order valence-corrected chi connectivity index (χ4v) is 2.76. The van der Waals surface area contributed by atoms with Gasteiger partial charge in [-0.1, -0.05) is 0 Å². The Hall–Kier alpha value is -2.88. The number of rotatable bonds is 2. The second kappa shape index (κ2) is 6.55. The summed E-state index contributed by atoms with van der Waals surface area (Å²) in [5.41, 5.74) is 1.03. The van der Waals surface area contributed by atoms with E-state index >= 15 is 0 Å². The Balaban J connectivity index is 1.62. The second-order valence-corrected chi connectivity index (χ2v) is 7.14. The van der Waals surface area contributed by atoms with E-state index in [0.29, 0.717) is 24.2 Å². The van der Waals surface area contributed by atoms with Crippen LogP contribution in [0.3, 0.4) is 0 Å². The molecule has 3 heterocycles. The molecule has 1 amide bonds. The molecule has 2 aromatic rings. The monoisotopic (exact) mass is 338 g/mol. The minimum atomic E-state index is -0.140. The van der Waals surface area contributed by atoms with Crippen molar-refractivity contribution in [2.24, 2.45) is 0 Å². The maximum Gasteiger partial charge on any atom is 0.257 e. The van der Waals surface area contributed by atoms with Crippen LogP contribution in [0.2, 0.25) is 0 Å². The fraction of sp³-hybridized carbons (Fsp3) is 0.444.